The highest BCUT2D eigenvalue weighted by Crippen LogP contribution is 2.28. The maximum absolute atomic E-state index is 14.5. The van der Waals surface area contributed by atoms with Crippen molar-refractivity contribution in [3.8, 4) is 0 Å². The number of carbonyl (C=O) groups excluding carboxylic acids is 2. The Bertz CT molecular complexity index is 1690. The molecule has 0 fully saturated rings. The van der Waals surface area contributed by atoms with Gasteiger partial charge in [-0.3, -0.25) is 13.9 Å². The Kier molecular flexibility index (Phi) is 10.7. The van der Waals surface area contributed by atoms with Crippen LogP contribution in [0.1, 0.15) is 31.9 Å². The van der Waals surface area contributed by atoms with Gasteiger partial charge in [-0.1, -0.05) is 96.0 Å². The van der Waals surface area contributed by atoms with Crippen LogP contribution in [0.25, 0.3) is 0 Å². The standard InChI is InChI=1S/C34H35Cl2N3O4S/c1-34(2,3)37-33(41)31(21-25-13-6-4-7-14-25)38(23-26-15-10-11-20-30(26)36)32(40)24-39(28-17-12-16-27(35)22-28)44(42,43)29-18-8-5-9-19-29/h4-20,22,31H,21,23-24H2,1-3H3,(H,37,41). The molecule has 0 bridgehead atoms. The van der Waals surface area contributed by atoms with Crippen LogP contribution < -0.4 is 9.62 Å². The van der Waals surface area contributed by atoms with Crippen LogP contribution in [0.2, 0.25) is 10.0 Å². The molecule has 0 aliphatic heterocycles. The van der Waals surface area contributed by atoms with Crippen LogP contribution in [0.3, 0.4) is 0 Å². The zero-order chi connectivity index (χ0) is 31.9. The summed E-state index contributed by atoms with van der Waals surface area (Å²) in [4.78, 5) is 29.8. The highest BCUT2D eigenvalue weighted by molar-refractivity contribution is 7.92. The van der Waals surface area contributed by atoms with Crippen molar-refractivity contribution in [1.82, 2.24) is 10.2 Å². The Morgan fingerprint density at radius 2 is 1.43 bits per heavy atom. The third-order valence-electron chi connectivity index (χ3n) is 6.77. The van der Waals surface area contributed by atoms with E-state index in [1.807, 2.05) is 51.1 Å². The largest absolute Gasteiger partial charge is 0.350 e. The van der Waals surface area contributed by atoms with Gasteiger partial charge in [0.05, 0.1) is 10.6 Å². The van der Waals surface area contributed by atoms with Gasteiger partial charge in [-0.05, 0) is 68.3 Å². The van der Waals surface area contributed by atoms with Gasteiger partial charge in [0, 0.05) is 28.5 Å². The second-order valence-corrected chi connectivity index (χ2v) is 14.1. The van der Waals surface area contributed by atoms with Crippen molar-refractivity contribution in [2.24, 2.45) is 0 Å². The number of nitrogens with one attached hydrogen (secondary N) is 1. The quantitative estimate of drug-likeness (QED) is 0.194. The number of rotatable bonds is 11. The monoisotopic (exact) mass is 651 g/mol. The summed E-state index contributed by atoms with van der Waals surface area (Å²) in [7, 11) is -4.21. The lowest BCUT2D eigenvalue weighted by molar-refractivity contribution is -0.140. The number of benzene rings is 4. The molecule has 44 heavy (non-hydrogen) atoms. The van der Waals surface area contributed by atoms with Gasteiger partial charge >= 0.3 is 0 Å². The molecule has 4 aromatic rings. The summed E-state index contributed by atoms with van der Waals surface area (Å²) in [5.41, 5.74) is 1.08. The number of hydrogen-bond acceptors (Lipinski definition) is 4. The first-order valence-corrected chi connectivity index (χ1v) is 16.3. The normalized spacial score (nSPS) is 12.3. The molecule has 0 spiro atoms. The van der Waals surface area contributed by atoms with Gasteiger partial charge in [0.15, 0.2) is 0 Å². The minimum Gasteiger partial charge on any atom is -0.350 e. The molecular formula is C34H35Cl2N3O4S. The topological polar surface area (TPSA) is 86.8 Å². The second-order valence-electron chi connectivity index (χ2n) is 11.4. The van der Waals surface area contributed by atoms with Gasteiger partial charge in [-0.25, -0.2) is 8.42 Å². The molecule has 0 heterocycles. The van der Waals surface area contributed by atoms with E-state index in [2.05, 4.69) is 5.32 Å². The van der Waals surface area contributed by atoms with Crippen LogP contribution in [0.4, 0.5) is 5.69 Å². The number of nitrogens with zero attached hydrogens (tertiary/aromatic N) is 2. The third kappa shape index (κ3) is 8.62. The van der Waals surface area contributed by atoms with Crippen LogP contribution in [-0.2, 0) is 32.6 Å². The summed E-state index contributed by atoms with van der Waals surface area (Å²) in [6.07, 6.45) is 0.196. The maximum atomic E-state index is 14.5. The molecular weight excluding hydrogens is 617 g/mol. The molecule has 230 valence electrons. The van der Waals surface area contributed by atoms with E-state index < -0.39 is 34.1 Å². The molecule has 7 nitrogen and oxygen atoms in total. The fraction of sp³-hybridized carbons (Fsp3) is 0.235. The zero-order valence-electron chi connectivity index (χ0n) is 24.8. The summed E-state index contributed by atoms with van der Waals surface area (Å²) in [5, 5.41) is 3.74. The maximum Gasteiger partial charge on any atom is 0.264 e. The van der Waals surface area contributed by atoms with Crippen molar-refractivity contribution < 1.29 is 18.0 Å². The number of sulfonamides is 1. The second kappa shape index (κ2) is 14.3. The van der Waals surface area contributed by atoms with Crippen molar-refractivity contribution in [2.45, 2.75) is 50.2 Å². The Labute approximate surface area is 269 Å². The smallest absolute Gasteiger partial charge is 0.264 e. The van der Waals surface area contributed by atoms with Crippen LogP contribution in [0.15, 0.2) is 114 Å². The lowest BCUT2D eigenvalue weighted by Crippen LogP contribution is -2.56. The molecule has 1 unspecified atom stereocenters. The Hall–Kier alpha value is -3.85. The van der Waals surface area contributed by atoms with Gasteiger partial charge in [0.2, 0.25) is 11.8 Å². The molecule has 0 radical (unpaired) electrons. The van der Waals surface area contributed by atoms with E-state index in [0.717, 1.165) is 9.87 Å². The Morgan fingerprint density at radius 1 is 0.818 bits per heavy atom. The van der Waals surface area contributed by atoms with Gasteiger partial charge < -0.3 is 10.2 Å². The highest BCUT2D eigenvalue weighted by atomic mass is 35.5. The summed E-state index contributed by atoms with van der Waals surface area (Å²) in [6, 6.07) is 29.6. The van der Waals surface area contributed by atoms with E-state index >= 15 is 0 Å². The lowest BCUT2D eigenvalue weighted by atomic mass is 10.0. The number of hydrogen-bond donors (Lipinski definition) is 1. The fourth-order valence-electron chi connectivity index (χ4n) is 4.70. The lowest BCUT2D eigenvalue weighted by Gasteiger charge is -2.35. The van der Waals surface area contributed by atoms with Crippen molar-refractivity contribution in [3.63, 3.8) is 0 Å². The van der Waals surface area contributed by atoms with Crippen LogP contribution in [0.5, 0.6) is 0 Å². The number of carbonyl (C=O) groups is 2. The predicted octanol–water partition coefficient (Wildman–Crippen LogP) is 6.74. The number of halogens is 2. The van der Waals surface area contributed by atoms with Crippen molar-refractivity contribution in [1.29, 1.82) is 0 Å². The predicted molar refractivity (Wildman–Crippen MR) is 176 cm³/mol. The van der Waals surface area contributed by atoms with Crippen LogP contribution >= 0.6 is 23.2 Å². The summed E-state index contributed by atoms with van der Waals surface area (Å²) in [5.74, 6) is -0.962. The summed E-state index contributed by atoms with van der Waals surface area (Å²) < 4.78 is 29.0. The highest BCUT2D eigenvalue weighted by Gasteiger charge is 2.35. The molecule has 0 saturated heterocycles. The molecule has 4 rings (SSSR count). The molecule has 0 aliphatic carbocycles. The molecule has 10 heteroatoms. The van der Waals surface area contributed by atoms with Gasteiger partial charge in [-0.15, -0.1) is 0 Å². The SMILES string of the molecule is CC(C)(C)NC(=O)C(Cc1ccccc1)N(Cc1ccccc1Cl)C(=O)CN(c1cccc(Cl)c1)S(=O)(=O)c1ccccc1. The van der Waals surface area contributed by atoms with Crippen molar-refractivity contribution in [3.05, 3.63) is 130 Å². The van der Waals surface area contributed by atoms with E-state index in [-0.39, 0.29) is 29.5 Å². The van der Waals surface area contributed by atoms with E-state index in [0.29, 0.717) is 15.6 Å². The van der Waals surface area contributed by atoms with Gasteiger partial charge in [0.1, 0.15) is 12.6 Å². The van der Waals surface area contributed by atoms with E-state index in [4.69, 9.17) is 23.2 Å². The first-order valence-electron chi connectivity index (χ1n) is 14.1. The first kappa shape index (κ1) is 33.1. The molecule has 0 saturated carbocycles. The summed E-state index contributed by atoms with van der Waals surface area (Å²) >= 11 is 12.8. The number of anilines is 1. The molecule has 4 aromatic carbocycles. The third-order valence-corrected chi connectivity index (χ3v) is 9.17. The van der Waals surface area contributed by atoms with E-state index in [1.54, 1.807) is 60.7 Å². The molecule has 1 N–H and O–H groups in total. The molecule has 1 atom stereocenters. The minimum absolute atomic E-state index is 0.0109. The first-order chi connectivity index (χ1) is 20.8. The fourth-order valence-corrected chi connectivity index (χ4v) is 6.50. The molecule has 0 aliphatic rings. The van der Waals surface area contributed by atoms with Gasteiger partial charge in [-0.2, -0.15) is 0 Å². The Morgan fingerprint density at radius 3 is 2.05 bits per heavy atom. The van der Waals surface area contributed by atoms with Crippen LogP contribution in [-0.4, -0.2) is 43.3 Å². The number of amides is 2. The minimum atomic E-state index is -4.21. The van der Waals surface area contributed by atoms with Crippen molar-refractivity contribution in [2.75, 3.05) is 10.8 Å². The average Bonchev–Trinajstić information content (AvgIpc) is 2.98. The average molecular weight is 653 g/mol. The van der Waals surface area contributed by atoms with E-state index in [9.17, 15) is 18.0 Å². The van der Waals surface area contributed by atoms with Crippen LogP contribution in [0, 0.1) is 0 Å². The molecule has 2 amide bonds. The van der Waals surface area contributed by atoms with E-state index in [1.165, 1.54) is 23.1 Å². The zero-order valence-corrected chi connectivity index (χ0v) is 27.1. The summed E-state index contributed by atoms with van der Waals surface area (Å²) in [6.45, 7) is 4.96. The van der Waals surface area contributed by atoms with Crippen molar-refractivity contribution >= 4 is 50.7 Å². The molecule has 0 aromatic heterocycles. The Balaban J connectivity index is 1.82. The van der Waals surface area contributed by atoms with Gasteiger partial charge in [0.25, 0.3) is 10.0 Å².